The first-order chi connectivity index (χ1) is 7.39. The summed E-state index contributed by atoms with van der Waals surface area (Å²) in [5.41, 5.74) is -0.464. The van der Waals surface area contributed by atoms with Gasteiger partial charge in [-0.3, -0.25) is 0 Å². The second kappa shape index (κ2) is 7.46. The van der Waals surface area contributed by atoms with E-state index in [1.165, 1.54) is 0 Å². The minimum atomic E-state index is -0.464. The number of carbonyl (C=O) groups excluding carboxylic acids is 1. The topological polar surface area (TPSA) is 73.6 Å². The fourth-order valence-electron chi connectivity index (χ4n) is 1.33. The molecular formula is C11H24N2O3. The molecule has 1 atom stereocenters. The summed E-state index contributed by atoms with van der Waals surface area (Å²) in [4.78, 5) is 16.0. The number of nitrogens with one attached hydrogen (secondary N) is 1. The van der Waals surface area contributed by atoms with Crippen LogP contribution in [0.5, 0.6) is 0 Å². The number of nitrogens with two attached hydrogens (primary N) is 1. The highest BCUT2D eigenvalue weighted by atomic mass is 16.6. The van der Waals surface area contributed by atoms with Crippen molar-refractivity contribution >= 4 is 6.09 Å². The molecule has 1 unspecified atom stereocenters. The molecule has 0 aromatic carbocycles. The van der Waals surface area contributed by atoms with Crippen LogP contribution in [0.3, 0.4) is 0 Å². The number of hydrogen-bond donors (Lipinski definition) is 2. The lowest BCUT2D eigenvalue weighted by molar-refractivity contribution is 0.0489. The van der Waals surface area contributed by atoms with E-state index in [2.05, 4.69) is 17.1 Å². The molecule has 0 aliphatic carbocycles. The molecule has 0 heterocycles. The van der Waals surface area contributed by atoms with Crippen molar-refractivity contribution in [3.8, 4) is 0 Å². The highest BCUT2D eigenvalue weighted by Gasteiger charge is 2.17. The maximum Gasteiger partial charge on any atom is 0.407 e. The van der Waals surface area contributed by atoms with Gasteiger partial charge in [0.25, 0.3) is 0 Å². The maximum absolute atomic E-state index is 11.4. The van der Waals surface area contributed by atoms with E-state index in [4.69, 9.17) is 10.6 Å². The van der Waals surface area contributed by atoms with Gasteiger partial charge in [-0.1, -0.05) is 13.3 Å². The maximum atomic E-state index is 11.4. The van der Waals surface area contributed by atoms with Crippen LogP contribution < -0.4 is 11.2 Å². The van der Waals surface area contributed by atoms with Gasteiger partial charge in [0.05, 0.1) is 6.61 Å². The molecule has 0 bridgehead atoms. The lowest BCUT2D eigenvalue weighted by atomic mass is 10.1. The molecule has 0 fully saturated rings. The third-order valence-corrected chi connectivity index (χ3v) is 1.96. The third kappa shape index (κ3) is 8.49. The Kier molecular flexibility index (Phi) is 7.08. The Morgan fingerprint density at radius 2 is 2.06 bits per heavy atom. The first-order valence-electron chi connectivity index (χ1n) is 5.67. The molecule has 5 nitrogen and oxygen atoms in total. The average molecular weight is 232 g/mol. The number of alkyl carbamates (subject to hydrolysis) is 1. The number of rotatable bonds is 6. The Morgan fingerprint density at radius 1 is 1.44 bits per heavy atom. The van der Waals surface area contributed by atoms with E-state index in [-0.39, 0.29) is 5.92 Å². The van der Waals surface area contributed by atoms with Crippen LogP contribution in [-0.4, -0.2) is 24.8 Å². The second-order valence-electron chi connectivity index (χ2n) is 4.87. The zero-order valence-electron chi connectivity index (χ0n) is 10.7. The SMILES string of the molecule is CCCC(CNC(=O)OC(C)(C)C)CON. The Bertz CT molecular complexity index is 196. The predicted molar refractivity (Wildman–Crippen MR) is 62.8 cm³/mol. The van der Waals surface area contributed by atoms with Gasteiger partial charge in [-0.15, -0.1) is 0 Å². The van der Waals surface area contributed by atoms with Gasteiger partial charge in [-0.25, -0.2) is 10.7 Å². The molecule has 0 radical (unpaired) electrons. The molecule has 16 heavy (non-hydrogen) atoms. The van der Waals surface area contributed by atoms with E-state index in [9.17, 15) is 4.79 Å². The lowest BCUT2D eigenvalue weighted by Crippen LogP contribution is -2.36. The minimum absolute atomic E-state index is 0.238. The predicted octanol–water partition coefficient (Wildman–Crippen LogP) is 1.82. The van der Waals surface area contributed by atoms with Crippen LogP contribution in [-0.2, 0) is 9.57 Å². The van der Waals surface area contributed by atoms with Crippen LogP contribution >= 0.6 is 0 Å². The van der Waals surface area contributed by atoms with E-state index < -0.39 is 11.7 Å². The fourth-order valence-corrected chi connectivity index (χ4v) is 1.33. The van der Waals surface area contributed by atoms with E-state index in [1.807, 2.05) is 20.8 Å². The van der Waals surface area contributed by atoms with Crippen molar-refractivity contribution in [1.29, 1.82) is 0 Å². The Hall–Kier alpha value is -0.810. The van der Waals surface area contributed by atoms with Gasteiger partial charge in [-0.05, 0) is 27.2 Å². The lowest BCUT2D eigenvalue weighted by Gasteiger charge is -2.21. The molecule has 5 heteroatoms. The van der Waals surface area contributed by atoms with Crippen LogP contribution in [0.4, 0.5) is 4.79 Å². The van der Waals surface area contributed by atoms with Crippen molar-refractivity contribution in [2.45, 2.75) is 46.1 Å². The summed E-state index contributed by atoms with van der Waals surface area (Å²) < 4.78 is 5.12. The van der Waals surface area contributed by atoms with Crippen molar-refractivity contribution in [2.75, 3.05) is 13.2 Å². The largest absolute Gasteiger partial charge is 0.444 e. The quantitative estimate of drug-likeness (QED) is 0.685. The molecular weight excluding hydrogens is 208 g/mol. The number of carbonyl (C=O) groups is 1. The second-order valence-corrected chi connectivity index (χ2v) is 4.87. The summed E-state index contributed by atoms with van der Waals surface area (Å²) >= 11 is 0. The zero-order valence-corrected chi connectivity index (χ0v) is 10.7. The molecule has 0 spiro atoms. The molecule has 0 aromatic rings. The van der Waals surface area contributed by atoms with Gasteiger partial charge in [0, 0.05) is 12.5 Å². The van der Waals surface area contributed by atoms with E-state index in [0.717, 1.165) is 12.8 Å². The van der Waals surface area contributed by atoms with Crippen LogP contribution in [0.1, 0.15) is 40.5 Å². The van der Waals surface area contributed by atoms with Crippen LogP contribution in [0.25, 0.3) is 0 Å². The Balaban J connectivity index is 3.86. The van der Waals surface area contributed by atoms with Gasteiger partial charge in [0.15, 0.2) is 0 Å². The summed E-state index contributed by atoms with van der Waals surface area (Å²) in [6.45, 7) is 8.55. The van der Waals surface area contributed by atoms with Crippen molar-refractivity contribution in [1.82, 2.24) is 5.32 Å². The molecule has 96 valence electrons. The van der Waals surface area contributed by atoms with E-state index >= 15 is 0 Å². The summed E-state index contributed by atoms with van der Waals surface area (Å²) in [5, 5.41) is 2.71. The van der Waals surface area contributed by atoms with Crippen LogP contribution in [0.15, 0.2) is 0 Å². The molecule has 0 aromatic heterocycles. The van der Waals surface area contributed by atoms with Crippen molar-refractivity contribution in [3.63, 3.8) is 0 Å². The summed E-state index contributed by atoms with van der Waals surface area (Å²) in [6, 6.07) is 0. The van der Waals surface area contributed by atoms with Gasteiger partial charge >= 0.3 is 6.09 Å². The molecule has 0 rings (SSSR count). The van der Waals surface area contributed by atoms with Gasteiger partial charge in [0.2, 0.25) is 0 Å². The standard InChI is InChI=1S/C11H24N2O3/c1-5-6-9(8-15-12)7-13-10(14)16-11(2,3)4/h9H,5-8,12H2,1-4H3,(H,13,14). The Morgan fingerprint density at radius 3 is 2.50 bits per heavy atom. The Labute approximate surface area is 97.6 Å². The molecule has 0 saturated heterocycles. The normalized spacial score (nSPS) is 13.3. The molecule has 1 amide bonds. The van der Waals surface area contributed by atoms with E-state index in [0.29, 0.717) is 13.2 Å². The number of hydrogen-bond acceptors (Lipinski definition) is 4. The van der Waals surface area contributed by atoms with Crippen LogP contribution in [0.2, 0.25) is 0 Å². The smallest absolute Gasteiger partial charge is 0.407 e. The number of ether oxygens (including phenoxy) is 1. The highest BCUT2D eigenvalue weighted by molar-refractivity contribution is 5.67. The van der Waals surface area contributed by atoms with Gasteiger partial charge in [-0.2, -0.15) is 0 Å². The van der Waals surface area contributed by atoms with E-state index in [1.54, 1.807) is 0 Å². The van der Waals surface area contributed by atoms with Crippen molar-refractivity contribution < 1.29 is 14.4 Å². The molecule has 0 saturated carbocycles. The molecule has 0 aliphatic rings. The molecule has 0 aliphatic heterocycles. The minimum Gasteiger partial charge on any atom is -0.444 e. The first-order valence-corrected chi connectivity index (χ1v) is 5.67. The monoisotopic (exact) mass is 232 g/mol. The van der Waals surface area contributed by atoms with Crippen molar-refractivity contribution in [2.24, 2.45) is 11.8 Å². The molecule has 3 N–H and O–H groups in total. The zero-order chi connectivity index (χ0) is 12.6. The third-order valence-electron chi connectivity index (χ3n) is 1.96. The summed E-state index contributed by atoms with van der Waals surface area (Å²) in [6.07, 6.45) is 1.60. The number of amides is 1. The first kappa shape index (κ1) is 15.2. The van der Waals surface area contributed by atoms with Gasteiger partial charge < -0.3 is 14.9 Å². The fraction of sp³-hybridized carbons (Fsp3) is 0.909. The van der Waals surface area contributed by atoms with Gasteiger partial charge in [0.1, 0.15) is 5.60 Å². The summed E-state index contributed by atoms with van der Waals surface area (Å²) in [7, 11) is 0. The summed E-state index contributed by atoms with van der Waals surface area (Å²) in [5.74, 6) is 5.26. The highest BCUT2D eigenvalue weighted by Crippen LogP contribution is 2.08. The average Bonchev–Trinajstić information content (AvgIpc) is 2.12. The van der Waals surface area contributed by atoms with Crippen LogP contribution in [0, 0.1) is 5.92 Å². The van der Waals surface area contributed by atoms with Crippen molar-refractivity contribution in [3.05, 3.63) is 0 Å².